The summed E-state index contributed by atoms with van der Waals surface area (Å²) in [5.41, 5.74) is 3.72. The number of anilines is 3. The molecule has 0 aliphatic heterocycles. The van der Waals surface area contributed by atoms with E-state index < -0.39 is 18.0 Å². The summed E-state index contributed by atoms with van der Waals surface area (Å²) in [6, 6.07) is 24.6. The van der Waals surface area contributed by atoms with Gasteiger partial charge < -0.3 is 20.1 Å². The van der Waals surface area contributed by atoms with Crippen LogP contribution < -0.4 is 15.4 Å². The topological polar surface area (TPSA) is 76.7 Å². The first-order valence-electron chi connectivity index (χ1n) is 10.2. The number of carbonyl (C=O) groups is 2. The zero-order valence-corrected chi connectivity index (χ0v) is 17.6. The molecule has 0 unspecified atom stereocenters. The molecule has 6 heteroatoms. The summed E-state index contributed by atoms with van der Waals surface area (Å²) in [6.45, 7) is 3.30. The van der Waals surface area contributed by atoms with Crippen molar-refractivity contribution in [2.24, 2.45) is 0 Å². The number of aryl methyl sites for hydroxylation is 1. The highest BCUT2D eigenvalue weighted by atomic mass is 16.6. The van der Waals surface area contributed by atoms with Crippen molar-refractivity contribution in [1.29, 1.82) is 0 Å². The summed E-state index contributed by atoms with van der Waals surface area (Å²) in [5.74, 6) is -0.479. The SMILES string of the molecule is CCc1ccc(NC(=O)[C@H](C)OC(=O)COc2ccc(Nc3ccccc3)cc2)cc1. The summed E-state index contributed by atoms with van der Waals surface area (Å²) in [7, 11) is 0. The Morgan fingerprint density at radius 2 is 1.45 bits per heavy atom. The van der Waals surface area contributed by atoms with Crippen LogP contribution in [0.3, 0.4) is 0 Å². The fourth-order valence-electron chi connectivity index (χ4n) is 2.82. The van der Waals surface area contributed by atoms with Crippen LogP contribution in [0.2, 0.25) is 0 Å². The number of hydrogen-bond acceptors (Lipinski definition) is 5. The van der Waals surface area contributed by atoms with Gasteiger partial charge in [0.2, 0.25) is 0 Å². The molecule has 2 N–H and O–H groups in total. The Hall–Kier alpha value is -3.80. The number of esters is 1. The van der Waals surface area contributed by atoms with E-state index in [2.05, 4.69) is 17.6 Å². The van der Waals surface area contributed by atoms with Crippen molar-refractivity contribution < 1.29 is 19.1 Å². The van der Waals surface area contributed by atoms with Crippen molar-refractivity contribution in [3.8, 4) is 5.75 Å². The molecule has 1 atom stereocenters. The standard InChI is InChI=1S/C25H26N2O4/c1-3-19-9-11-22(12-10-19)27-25(29)18(2)31-24(28)17-30-23-15-13-21(14-16-23)26-20-7-5-4-6-8-20/h4-16,18,26H,3,17H2,1-2H3,(H,27,29)/t18-/m0/s1. The van der Waals surface area contributed by atoms with Crippen molar-refractivity contribution in [1.82, 2.24) is 0 Å². The van der Waals surface area contributed by atoms with Gasteiger partial charge >= 0.3 is 5.97 Å². The minimum atomic E-state index is -0.931. The smallest absolute Gasteiger partial charge is 0.344 e. The van der Waals surface area contributed by atoms with Crippen LogP contribution >= 0.6 is 0 Å². The van der Waals surface area contributed by atoms with Crippen LogP contribution in [0.1, 0.15) is 19.4 Å². The first-order valence-corrected chi connectivity index (χ1v) is 10.2. The van der Waals surface area contributed by atoms with Gasteiger partial charge in [-0.15, -0.1) is 0 Å². The first-order chi connectivity index (χ1) is 15.0. The lowest BCUT2D eigenvalue weighted by molar-refractivity contribution is -0.155. The average Bonchev–Trinajstić information content (AvgIpc) is 2.80. The third-order valence-electron chi connectivity index (χ3n) is 4.58. The number of benzene rings is 3. The lowest BCUT2D eigenvalue weighted by Gasteiger charge is -2.14. The Labute approximate surface area is 182 Å². The van der Waals surface area contributed by atoms with Gasteiger partial charge in [-0.1, -0.05) is 37.3 Å². The molecule has 0 aliphatic carbocycles. The van der Waals surface area contributed by atoms with E-state index in [1.54, 1.807) is 12.1 Å². The van der Waals surface area contributed by atoms with Gasteiger partial charge in [-0.3, -0.25) is 4.79 Å². The predicted molar refractivity (Wildman–Crippen MR) is 122 cm³/mol. The van der Waals surface area contributed by atoms with Crippen LogP contribution in [0.25, 0.3) is 0 Å². The van der Waals surface area contributed by atoms with Crippen molar-refractivity contribution in [2.75, 3.05) is 17.2 Å². The van der Waals surface area contributed by atoms with E-state index in [0.717, 1.165) is 17.8 Å². The molecule has 0 spiro atoms. The van der Waals surface area contributed by atoms with Gasteiger partial charge in [0.15, 0.2) is 12.7 Å². The molecule has 0 fully saturated rings. The average molecular weight is 418 g/mol. The van der Waals surface area contributed by atoms with E-state index in [1.165, 1.54) is 12.5 Å². The van der Waals surface area contributed by atoms with Crippen LogP contribution in [-0.2, 0) is 20.7 Å². The lowest BCUT2D eigenvalue weighted by atomic mass is 10.1. The Kier molecular flexibility index (Phi) is 7.65. The van der Waals surface area contributed by atoms with Gasteiger partial charge in [-0.05, 0) is 67.4 Å². The molecule has 0 aromatic heterocycles. The molecule has 3 rings (SSSR count). The maximum Gasteiger partial charge on any atom is 0.344 e. The summed E-state index contributed by atoms with van der Waals surface area (Å²) in [4.78, 5) is 24.3. The van der Waals surface area contributed by atoms with Crippen molar-refractivity contribution >= 4 is 28.9 Å². The van der Waals surface area contributed by atoms with Crippen LogP contribution in [0, 0.1) is 0 Å². The summed E-state index contributed by atoms with van der Waals surface area (Å²) in [6.07, 6.45) is -0.00600. The maximum atomic E-state index is 12.2. The van der Waals surface area contributed by atoms with Gasteiger partial charge in [0, 0.05) is 17.1 Å². The van der Waals surface area contributed by atoms with E-state index in [4.69, 9.17) is 9.47 Å². The van der Waals surface area contributed by atoms with Crippen LogP contribution in [-0.4, -0.2) is 24.6 Å². The lowest BCUT2D eigenvalue weighted by Crippen LogP contribution is -2.31. The van der Waals surface area contributed by atoms with Crippen molar-refractivity contribution in [3.63, 3.8) is 0 Å². The molecule has 0 bridgehead atoms. The monoisotopic (exact) mass is 418 g/mol. The van der Waals surface area contributed by atoms with Gasteiger partial charge in [0.05, 0.1) is 0 Å². The van der Waals surface area contributed by atoms with Crippen LogP contribution in [0.15, 0.2) is 78.9 Å². The number of amides is 1. The Bertz CT molecular complexity index is 986. The van der Waals surface area contributed by atoms with E-state index in [0.29, 0.717) is 11.4 Å². The molecule has 0 radical (unpaired) electrons. The highest BCUT2D eigenvalue weighted by Gasteiger charge is 2.18. The molecule has 3 aromatic rings. The van der Waals surface area contributed by atoms with Crippen LogP contribution in [0.4, 0.5) is 17.1 Å². The van der Waals surface area contributed by atoms with E-state index in [1.807, 2.05) is 66.7 Å². The molecule has 160 valence electrons. The summed E-state index contributed by atoms with van der Waals surface area (Å²) in [5, 5.41) is 6.00. The van der Waals surface area contributed by atoms with Gasteiger partial charge in [0.25, 0.3) is 5.91 Å². The molecular formula is C25H26N2O4. The molecule has 0 aliphatic rings. The highest BCUT2D eigenvalue weighted by molar-refractivity contribution is 5.95. The van der Waals surface area contributed by atoms with Gasteiger partial charge in [-0.2, -0.15) is 0 Å². The van der Waals surface area contributed by atoms with E-state index >= 15 is 0 Å². The second kappa shape index (κ2) is 10.8. The molecule has 31 heavy (non-hydrogen) atoms. The summed E-state index contributed by atoms with van der Waals surface area (Å²) >= 11 is 0. The Morgan fingerprint density at radius 1 is 0.839 bits per heavy atom. The molecule has 0 saturated heterocycles. The molecule has 1 amide bonds. The Balaban J connectivity index is 1.42. The van der Waals surface area contributed by atoms with Crippen molar-refractivity contribution in [3.05, 3.63) is 84.4 Å². The normalized spacial score (nSPS) is 11.3. The van der Waals surface area contributed by atoms with Crippen LogP contribution in [0.5, 0.6) is 5.75 Å². The largest absolute Gasteiger partial charge is 0.482 e. The highest BCUT2D eigenvalue weighted by Crippen LogP contribution is 2.20. The minimum absolute atomic E-state index is 0.283. The van der Waals surface area contributed by atoms with Gasteiger partial charge in [-0.25, -0.2) is 4.79 Å². The number of nitrogens with one attached hydrogen (secondary N) is 2. The molecule has 0 saturated carbocycles. The first kappa shape index (κ1) is 21.9. The second-order valence-electron chi connectivity index (χ2n) is 6.98. The minimum Gasteiger partial charge on any atom is -0.482 e. The molecule has 6 nitrogen and oxygen atoms in total. The quantitative estimate of drug-likeness (QED) is 0.481. The number of ether oxygens (including phenoxy) is 2. The van der Waals surface area contributed by atoms with E-state index in [-0.39, 0.29) is 6.61 Å². The second-order valence-corrected chi connectivity index (χ2v) is 6.98. The van der Waals surface area contributed by atoms with Gasteiger partial charge in [0.1, 0.15) is 5.75 Å². The molecular weight excluding hydrogens is 392 g/mol. The third-order valence-corrected chi connectivity index (χ3v) is 4.58. The fourth-order valence-corrected chi connectivity index (χ4v) is 2.82. The predicted octanol–water partition coefficient (Wildman–Crippen LogP) is 4.94. The van der Waals surface area contributed by atoms with E-state index in [9.17, 15) is 9.59 Å². The zero-order valence-electron chi connectivity index (χ0n) is 17.6. The fraction of sp³-hybridized carbons (Fsp3) is 0.200. The van der Waals surface area contributed by atoms with Crippen molar-refractivity contribution in [2.45, 2.75) is 26.4 Å². The summed E-state index contributed by atoms with van der Waals surface area (Å²) < 4.78 is 10.6. The molecule has 3 aromatic carbocycles. The maximum absolute atomic E-state index is 12.2. The Morgan fingerprint density at radius 3 is 2.10 bits per heavy atom. The number of rotatable bonds is 9. The molecule has 0 heterocycles. The zero-order chi connectivity index (χ0) is 22.1. The number of para-hydroxylation sites is 1. The number of hydrogen-bond donors (Lipinski definition) is 2. The third kappa shape index (κ3) is 6.89. The number of carbonyl (C=O) groups excluding carboxylic acids is 2.